The minimum atomic E-state index is -0.904. The maximum atomic E-state index is 12.4. The molecule has 1 aliphatic rings. The highest BCUT2D eigenvalue weighted by atomic mass is 19.1. The molecule has 1 rings (SSSR count). The van der Waals surface area contributed by atoms with E-state index in [0.717, 1.165) is 5.57 Å². The average molecular weight is 154 g/mol. The summed E-state index contributed by atoms with van der Waals surface area (Å²) < 4.78 is 12.4. The van der Waals surface area contributed by atoms with Crippen molar-refractivity contribution in [2.24, 2.45) is 0 Å². The molecule has 0 nitrogen and oxygen atoms in total. The number of alkyl halides is 1. The molecule has 1 unspecified atom stereocenters. The molecule has 0 aromatic rings. The fourth-order valence-corrected chi connectivity index (χ4v) is 0.677. The number of rotatable bonds is 0. The topological polar surface area (TPSA) is 0 Å². The summed E-state index contributed by atoms with van der Waals surface area (Å²) in [5, 5.41) is 0. The number of hydrogen-bond acceptors (Lipinski definition) is 0. The Morgan fingerprint density at radius 2 is 1.91 bits per heavy atom. The van der Waals surface area contributed by atoms with Crippen LogP contribution in [0, 0.1) is 0 Å². The highest BCUT2D eigenvalue weighted by Gasteiger charge is 1.95. The summed E-state index contributed by atoms with van der Waals surface area (Å²) in [6, 6.07) is 0. The van der Waals surface area contributed by atoms with Crippen molar-refractivity contribution in [3.63, 3.8) is 0 Å². The standard InChI is InChI=1S/C8H9F.C2H6/c1-7-3-2-4-8(9)6-5-7;1-2/h2-6,8H,1H3;1-2H3. The summed E-state index contributed by atoms with van der Waals surface area (Å²) in [4.78, 5) is 0. The van der Waals surface area contributed by atoms with Crippen LogP contribution in [0.4, 0.5) is 4.39 Å². The summed E-state index contributed by atoms with van der Waals surface area (Å²) in [6.45, 7) is 5.94. The molecule has 0 aliphatic heterocycles. The molecule has 0 aromatic heterocycles. The lowest BCUT2D eigenvalue weighted by Crippen LogP contribution is -1.84. The van der Waals surface area contributed by atoms with Crippen molar-refractivity contribution in [3.05, 3.63) is 36.0 Å². The molecule has 0 amide bonds. The molecule has 0 radical (unpaired) electrons. The third kappa shape index (κ3) is 4.54. The summed E-state index contributed by atoms with van der Waals surface area (Å²) in [5.41, 5.74) is 1.09. The van der Waals surface area contributed by atoms with Gasteiger partial charge in [-0.15, -0.1) is 0 Å². The zero-order valence-electron chi connectivity index (χ0n) is 7.34. The average Bonchev–Trinajstić information content (AvgIpc) is 2.20. The van der Waals surface area contributed by atoms with Crippen LogP contribution in [0.15, 0.2) is 36.0 Å². The largest absolute Gasteiger partial charge is 0.238 e. The van der Waals surface area contributed by atoms with E-state index in [2.05, 4.69) is 0 Å². The van der Waals surface area contributed by atoms with E-state index < -0.39 is 6.17 Å². The molecule has 0 spiro atoms. The van der Waals surface area contributed by atoms with Gasteiger partial charge in [0.25, 0.3) is 0 Å². The molecule has 11 heavy (non-hydrogen) atoms. The second kappa shape index (κ2) is 5.90. The van der Waals surface area contributed by atoms with Crippen molar-refractivity contribution in [2.45, 2.75) is 26.9 Å². The molecule has 0 N–H and O–H groups in total. The molecule has 0 heterocycles. The van der Waals surface area contributed by atoms with Crippen LogP contribution in [0.5, 0.6) is 0 Å². The lowest BCUT2D eigenvalue weighted by molar-refractivity contribution is 0.469. The Labute approximate surface area is 68.1 Å². The fraction of sp³-hybridized carbons (Fsp3) is 0.400. The highest BCUT2D eigenvalue weighted by molar-refractivity contribution is 5.27. The number of halogens is 1. The Balaban J connectivity index is 0.000000461. The Morgan fingerprint density at radius 1 is 1.27 bits per heavy atom. The molecule has 0 bridgehead atoms. The van der Waals surface area contributed by atoms with E-state index in [4.69, 9.17) is 0 Å². The van der Waals surface area contributed by atoms with Crippen LogP contribution < -0.4 is 0 Å². The van der Waals surface area contributed by atoms with Gasteiger partial charge < -0.3 is 0 Å². The first-order valence-electron chi connectivity index (χ1n) is 3.96. The highest BCUT2D eigenvalue weighted by Crippen LogP contribution is 2.05. The van der Waals surface area contributed by atoms with Crippen LogP contribution in [-0.4, -0.2) is 6.17 Å². The predicted molar refractivity (Wildman–Crippen MR) is 48.3 cm³/mol. The van der Waals surface area contributed by atoms with E-state index in [1.807, 2.05) is 26.8 Å². The number of hydrogen-bond donors (Lipinski definition) is 0. The lowest BCUT2D eigenvalue weighted by Gasteiger charge is -1.87. The fourth-order valence-electron chi connectivity index (χ4n) is 0.677. The second-order valence-electron chi connectivity index (χ2n) is 2.10. The maximum absolute atomic E-state index is 12.4. The zero-order chi connectivity index (χ0) is 8.69. The van der Waals surface area contributed by atoms with E-state index in [9.17, 15) is 4.39 Å². The quantitative estimate of drug-likeness (QED) is 0.501. The molecule has 62 valence electrons. The van der Waals surface area contributed by atoms with Crippen molar-refractivity contribution in [3.8, 4) is 0 Å². The summed E-state index contributed by atoms with van der Waals surface area (Å²) in [7, 11) is 0. The van der Waals surface area contributed by atoms with E-state index in [0.29, 0.717) is 0 Å². The van der Waals surface area contributed by atoms with Crippen LogP contribution in [0.2, 0.25) is 0 Å². The minimum absolute atomic E-state index is 0.904. The molecule has 0 saturated heterocycles. The maximum Gasteiger partial charge on any atom is 0.137 e. The monoisotopic (exact) mass is 154 g/mol. The smallest absolute Gasteiger partial charge is 0.137 e. The third-order valence-corrected chi connectivity index (χ3v) is 1.20. The summed E-state index contributed by atoms with van der Waals surface area (Å²) in [6.07, 6.45) is 7.56. The third-order valence-electron chi connectivity index (χ3n) is 1.20. The van der Waals surface area contributed by atoms with E-state index in [-0.39, 0.29) is 0 Å². The van der Waals surface area contributed by atoms with Crippen molar-refractivity contribution >= 4 is 0 Å². The SMILES string of the molecule is CC.CC1=CC=CC(F)C=C1. The van der Waals surface area contributed by atoms with Gasteiger partial charge in [0.05, 0.1) is 0 Å². The summed E-state index contributed by atoms with van der Waals surface area (Å²) in [5.74, 6) is 0. The zero-order valence-corrected chi connectivity index (χ0v) is 7.34. The first-order chi connectivity index (χ1) is 5.29. The first kappa shape index (κ1) is 10.2. The molecule has 0 fully saturated rings. The Kier molecular flexibility index (Phi) is 5.44. The van der Waals surface area contributed by atoms with Gasteiger partial charge in [0.2, 0.25) is 0 Å². The van der Waals surface area contributed by atoms with E-state index in [1.165, 1.54) is 12.2 Å². The van der Waals surface area contributed by atoms with Gasteiger partial charge in [0, 0.05) is 0 Å². The van der Waals surface area contributed by atoms with Crippen molar-refractivity contribution < 1.29 is 4.39 Å². The normalized spacial score (nSPS) is 21.5. The van der Waals surface area contributed by atoms with Crippen LogP contribution in [0.1, 0.15) is 20.8 Å². The minimum Gasteiger partial charge on any atom is -0.238 e. The van der Waals surface area contributed by atoms with Crippen molar-refractivity contribution in [1.82, 2.24) is 0 Å². The van der Waals surface area contributed by atoms with Gasteiger partial charge in [-0.05, 0) is 19.1 Å². The molecule has 0 saturated carbocycles. The van der Waals surface area contributed by atoms with Gasteiger partial charge in [-0.1, -0.05) is 37.6 Å². The van der Waals surface area contributed by atoms with Crippen LogP contribution in [-0.2, 0) is 0 Å². The summed E-state index contributed by atoms with van der Waals surface area (Å²) >= 11 is 0. The molecule has 1 heteroatoms. The first-order valence-corrected chi connectivity index (χ1v) is 3.96. The molecule has 1 atom stereocenters. The van der Waals surface area contributed by atoms with E-state index >= 15 is 0 Å². The van der Waals surface area contributed by atoms with Gasteiger partial charge in [-0.25, -0.2) is 4.39 Å². The lowest BCUT2D eigenvalue weighted by atomic mass is 10.3. The Hall–Kier alpha value is -0.850. The van der Waals surface area contributed by atoms with Gasteiger partial charge in [0.1, 0.15) is 6.17 Å². The van der Waals surface area contributed by atoms with Crippen molar-refractivity contribution in [2.75, 3.05) is 0 Å². The second-order valence-corrected chi connectivity index (χ2v) is 2.10. The molecule has 0 aromatic carbocycles. The van der Waals surface area contributed by atoms with Crippen LogP contribution in [0.3, 0.4) is 0 Å². The molecular formula is C10H15F. The molecular weight excluding hydrogens is 139 g/mol. The van der Waals surface area contributed by atoms with Gasteiger partial charge in [-0.3, -0.25) is 0 Å². The van der Waals surface area contributed by atoms with Crippen molar-refractivity contribution in [1.29, 1.82) is 0 Å². The number of allylic oxidation sites excluding steroid dienone is 6. The van der Waals surface area contributed by atoms with Gasteiger partial charge >= 0.3 is 0 Å². The molecule has 1 aliphatic carbocycles. The van der Waals surface area contributed by atoms with Crippen LogP contribution >= 0.6 is 0 Å². The predicted octanol–water partition coefficient (Wildman–Crippen LogP) is 3.42. The van der Waals surface area contributed by atoms with Gasteiger partial charge in [-0.2, -0.15) is 0 Å². The Morgan fingerprint density at radius 3 is 2.55 bits per heavy atom. The van der Waals surface area contributed by atoms with Gasteiger partial charge in [0.15, 0.2) is 0 Å². The van der Waals surface area contributed by atoms with E-state index in [1.54, 1.807) is 12.2 Å². The van der Waals surface area contributed by atoms with Crippen LogP contribution in [0.25, 0.3) is 0 Å². The Bertz CT molecular complexity index is 175.